The quantitative estimate of drug-likeness (QED) is 0.0422. The lowest BCUT2D eigenvalue weighted by Gasteiger charge is -2.14. The summed E-state index contributed by atoms with van der Waals surface area (Å²) in [5.74, 6) is -1.31. The molecule has 6 nitrogen and oxygen atoms in total. The van der Waals surface area contributed by atoms with Gasteiger partial charge in [0.05, 0.1) is 0 Å². The number of carbonyl (C=O) groups excluding carboxylic acids is 2. The van der Waals surface area contributed by atoms with Gasteiger partial charge in [0.2, 0.25) is 5.91 Å². The number of nitrogens with one attached hydrogen (secondary N) is 1. The first kappa shape index (κ1) is 43.4. The maximum absolute atomic E-state index is 12.6. The van der Waals surface area contributed by atoms with Crippen LogP contribution in [-0.4, -0.2) is 35.6 Å². The Kier molecular flexibility index (Phi) is 33.2. The van der Waals surface area contributed by atoms with Crippen molar-refractivity contribution in [1.82, 2.24) is 5.32 Å². The van der Waals surface area contributed by atoms with Gasteiger partial charge in [-0.1, -0.05) is 133 Å². The first-order chi connectivity index (χ1) is 22.5. The van der Waals surface area contributed by atoms with Gasteiger partial charge in [-0.3, -0.25) is 14.4 Å². The zero-order valence-corrected chi connectivity index (χ0v) is 29.7. The van der Waals surface area contributed by atoms with Gasteiger partial charge in [0.25, 0.3) is 0 Å². The molecular weight excluding hydrogens is 574 g/mol. The molecule has 46 heavy (non-hydrogen) atoms. The summed E-state index contributed by atoms with van der Waals surface area (Å²) in [7, 11) is 0. The lowest BCUT2D eigenvalue weighted by molar-refractivity contribution is -0.147. The van der Waals surface area contributed by atoms with Crippen LogP contribution in [-0.2, 0) is 19.1 Å². The Morgan fingerprint density at radius 1 is 0.587 bits per heavy atom. The Morgan fingerprint density at radius 3 is 1.70 bits per heavy atom. The van der Waals surface area contributed by atoms with Crippen LogP contribution in [0.2, 0.25) is 0 Å². The molecule has 0 radical (unpaired) electrons. The molecule has 0 heterocycles. The van der Waals surface area contributed by atoms with Crippen LogP contribution in [0, 0.1) is 0 Å². The Bertz CT molecular complexity index is 845. The van der Waals surface area contributed by atoms with Crippen molar-refractivity contribution >= 4 is 17.8 Å². The first-order valence-electron chi connectivity index (χ1n) is 18.8. The topological polar surface area (TPSA) is 92.7 Å². The summed E-state index contributed by atoms with van der Waals surface area (Å²) in [6.07, 6.45) is 43.8. The molecule has 0 aromatic rings. The van der Waals surface area contributed by atoms with Gasteiger partial charge in [-0.25, -0.2) is 0 Å². The molecule has 0 aromatic carbocycles. The van der Waals surface area contributed by atoms with Crippen molar-refractivity contribution in [3.8, 4) is 0 Å². The van der Waals surface area contributed by atoms with E-state index < -0.39 is 5.97 Å². The second kappa shape index (κ2) is 35.2. The third kappa shape index (κ3) is 34.2. The largest absolute Gasteiger partial charge is 0.480 e. The van der Waals surface area contributed by atoms with Crippen LogP contribution in [0.4, 0.5) is 0 Å². The van der Waals surface area contributed by atoms with E-state index in [0.29, 0.717) is 12.8 Å². The van der Waals surface area contributed by atoms with Gasteiger partial charge in [0, 0.05) is 12.8 Å². The zero-order chi connectivity index (χ0) is 33.8. The summed E-state index contributed by atoms with van der Waals surface area (Å²) in [6, 6.07) is 0. The van der Waals surface area contributed by atoms with Crippen molar-refractivity contribution in [3.63, 3.8) is 0 Å². The minimum absolute atomic E-state index is 0.0859. The normalized spacial score (nSPS) is 12.6. The third-order valence-corrected chi connectivity index (χ3v) is 7.96. The molecule has 1 unspecified atom stereocenters. The smallest absolute Gasteiger partial charge is 0.322 e. The number of carboxylic acid groups (broad SMARTS) is 1. The number of carboxylic acids is 1. The zero-order valence-electron chi connectivity index (χ0n) is 29.7. The van der Waals surface area contributed by atoms with Gasteiger partial charge < -0.3 is 15.2 Å². The van der Waals surface area contributed by atoms with Crippen LogP contribution in [0.3, 0.4) is 0 Å². The van der Waals surface area contributed by atoms with Crippen molar-refractivity contribution in [2.75, 3.05) is 6.54 Å². The molecule has 1 amide bonds. The minimum Gasteiger partial charge on any atom is -0.480 e. The van der Waals surface area contributed by atoms with Gasteiger partial charge in [0.15, 0.2) is 0 Å². The Labute approximate surface area is 282 Å². The van der Waals surface area contributed by atoms with E-state index >= 15 is 0 Å². The number of hydrogen-bond donors (Lipinski definition) is 2. The predicted octanol–water partition coefficient (Wildman–Crippen LogP) is 11.1. The number of hydrogen-bond acceptors (Lipinski definition) is 4. The Morgan fingerprint density at radius 2 is 1.09 bits per heavy atom. The molecule has 0 fully saturated rings. The fraction of sp³-hybridized carbons (Fsp3) is 0.725. The number of carbonyl (C=O) groups is 3. The van der Waals surface area contributed by atoms with Crippen molar-refractivity contribution in [2.45, 2.75) is 180 Å². The van der Waals surface area contributed by atoms with Gasteiger partial charge >= 0.3 is 11.9 Å². The molecule has 6 heteroatoms. The summed E-state index contributed by atoms with van der Waals surface area (Å²) in [5.41, 5.74) is 0. The van der Waals surface area contributed by atoms with Gasteiger partial charge in [0.1, 0.15) is 12.6 Å². The highest BCUT2D eigenvalue weighted by molar-refractivity contribution is 5.80. The predicted molar refractivity (Wildman–Crippen MR) is 194 cm³/mol. The number of allylic oxidation sites excluding steroid dienone is 7. The number of aliphatic carboxylic acids is 1. The summed E-state index contributed by atoms with van der Waals surface area (Å²) < 4.78 is 5.90. The monoisotopic (exact) mass is 644 g/mol. The highest BCUT2D eigenvalue weighted by Gasteiger charge is 2.11. The number of esters is 1. The lowest BCUT2D eigenvalue weighted by atomic mass is 10.1. The molecule has 0 aliphatic heterocycles. The van der Waals surface area contributed by atoms with E-state index in [1.165, 1.54) is 64.2 Å². The lowest BCUT2D eigenvalue weighted by Crippen LogP contribution is -2.28. The summed E-state index contributed by atoms with van der Waals surface area (Å²) in [6.45, 7) is 4.14. The number of amides is 1. The van der Waals surface area contributed by atoms with Crippen LogP contribution in [0.1, 0.15) is 174 Å². The molecule has 0 bridgehead atoms. The van der Waals surface area contributed by atoms with Gasteiger partial charge in [-0.2, -0.15) is 0 Å². The summed E-state index contributed by atoms with van der Waals surface area (Å²) >= 11 is 0. The molecule has 0 rings (SSSR count). The molecule has 0 spiro atoms. The Balaban J connectivity index is 4.26. The second-order valence-electron chi connectivity index (χ2n) is 12.5. The standard InChI is InChI=1S/C40H69NO5/c1-3-5-7-9-11-13-14-15-16-17-19-21-27-31-35-40(45)46-37(32-28-24-20-18-12-10-8-6-4-2)33-29-25-22-23-26-30-34-38(42)41-36-39(43)44/h9,11,14-15,18,20,28,32,37H,3-8,10,12-13,16-17,19,21-27,29-31,33-36H2,1-2H3,(H,41,42)(H,43,44)/b11-9-,15-14-,20-18-,32-28-. The molecule has 0 aliphatic carbocycles. The molecule has 264 valence electrons. The molecule has 0 aromatic heterocycles. The van der Waals surface area contributed by atoms with Crippen molar-refractivity contribution in [3.05, 3.63) is 48.6 Å². The van der Waals surface area contributed by atoms with Crippen LogP contribution in [0.25, 0.3) is 0 Å². The van der Waals surface area contributed by atoms with E-state index in [1.54, 1.807) is 0 Å². The summed E-state index contributed by atoms with van der Waals surface area (Å²) in [5, 5.41) is 11.0. The van der Waals surface area contributed by atoms with Crippen LogP contribution in [0.15, 0.2) is 48.6 Å². The molecule has 0 saturated carbocycles. The number of ether oxygens (including phenoxy) is 1. The van der Waals surface area contributed by atoms with Crippen molar-refractivity contribution in [1.29, 1.82) is 0 Å². The van der Waals surface area contributed by atoms with Crippen LogP contribution < -0.4 is 5.32 Å². The average Bonchev–Trinajstić information content (AvgIpc) is 3.04. The van der Waals surface area contributed by atoms with E-state index in [1.807, 2.05) is 0 Å². The molecule has 0 aliphatic rings. The maximum Gasteiger partial charge on any atom is 0.322 e. The van der Waals surface area contributed by atoms with E-state index in [9.17, 15) is 14.4 Å². The number of unbranched alkanes of at least 4 members (excludes halogenated alkanes) is 16. The van der Waals surface area contributed by atoms with E-state index in [-0.39, 0.29) is 24.5 Å². The third-order valence-electron chi connectivity index (χ3n) is 7.96. The van der Waals surface area contributed by atoms with E-state index in [0.717, 1.165) is 83.5 Å². The van der Waals surface area contributed by atoms with Crippen molar-refractivity contribution < 1.29 is 24.2 Å². The number of rotatable bonds is 33. The average molecular weight is 644 g/mol. The van der Waals surface area contributed by atoms with Crippen molar-refractivity contribution in [2.24, 2.45) is 0 Å². The fourth-order valence-corrected chi connectivity index (χ4v) is 5.13. The summed E-state index contributed by atoms with van der Waals surface area (Å²) in [4.78, 5) is 34.8. The van der Waals surface area contributed by atoms with Gasteiger partial charge in [-0.05, 0) is 76.7 Å². The molecular formula is C40H69NO5. The maximum atomic E-state index is 12.6. The molecule has 2 N–H and O–H groups in total. The first-order valence-corrected chi connectivity index (χ1v) is 18.8. The fourth-order valence-electron chi connectivity index (χ4n) is 5.13. The molecule has 0 saturated heterocycles. The second-order valence-corrected chi connectivity index (χ2v) is 12.5. The Hall–Kier alpha value is -2.63. The highest BCUT2D eigenvalue weighted by Crippen LogP contribution is 2.15. The SMILES string of the molecule is CCCC/C=C\C/C=C\CCCCCCCC(=O)OC(/C=C\C/C=C\CCCCCC)CCCCCCCCC(=O)NCC(=O)O. The minimum atomic E-state index is -1.02. The molecule has 1 atom stereocenters. The van der Waals surface area contributed by atoms with E-state index in [2.05, 4.69) is 67.8 Å². The van der Waals surface area contributed by atoms with Gasteiger partial charge in [-0.15, -0.1) is 0 Å². The van der Waals surface area contributed by atoms with Crippen LogP contribution in [0.5, 0.6) is 0 Å². The highest BCUT2D eigenvalue weighted by atomic mass is 16.5. The van der Waals surface area contributed by atoms with E-state index in [4.69, 9.17) is 9.84 Å². The van der Waals surface area contributed by atoms with Crippen LogP contribution >= 0.6 is 0 Å².